The fourth-order valence-corrected chi connectivity index (χ4v) is 2.42. The van der Waals surface area contributed by atoms with E-state index in [0.717, 1.165) is 6.92 Å². The minimum absolute atomic E-state index is 0.0664. The maximum absolute atomic E-state index is 13.3. The molecule has 0 fully saturated rings. The fraction of sp³-hybridized carbons (Fsp3) is 0.286. The van der Waals surface area contributed by atoms with E-state index >= 15 is 0 Å². The summed E-state index contributed by atoms with van der Waals surface area (Å²) in [6.45, 7) is 2.70. The number of carboxylic acids is 1. The highest BCUT2D eigenvalue weighted by molar-refractivity contribution is 5.97. The first-order chi connectivity index (χ1) is 9.62. The van der Waals surface area contributed by atoms with E-state index in [4.69, 9.17) is 5.11 Å². The molecule has 0 aliphatic heterocycles. The number of hydrogen-bond donors (Lipinski definition) is 1. The summed E-state index contributed by atoms with van der Waals surface area (Å²) >= 11 is 0. The lowest BCUT2D eigenvalue weighted by molar-refractivity contribution is -0.143. The minimum Gasteiger partial charge on any atom is -0.481 e. The molecule has 7 heteroatoms. The molecule has 1 heterocycles. The molecule has 2 aromatic rings. The van der Waals surface area contributed by atoms with Crippen molar-refractivity contribution in [2.45, 2.75) is 26.4 Å². The highest BCUT2D eigenvalue weighted by atomic mass is 19.4. The number of fused-ring (bicyclic) bond motifs is 1. The number of halogens is 3. The van der Waals surface area contributed by atoms with Crippen molar-refractivity contribution in [3.05, 3.63) is 35.0 Å². The zero-order chi connectivity index (χ0) is 15.9. The Morgan fingerprint density at radius 1 is 1.29 bits per heavy atom. The molecule has 1 aromatic carbocycles. The molecule has 1 N–H and O–H groups in total. The second-order valence-electron chi connectivity index (χ2n) is 4.77. The quantitative estimate of drug-likeness (QED) is 0.926. The van der Waals surface area contributed by atoms with Crippen molar-refractivity contribution in [2.75, 3.05) is 0 Å². The zero-order valence-electron chi connectivity index (χ0n) is 11.3. The van der Waals surface area contributed by atoms with E-state index in [9.17, 15) is 22.8 Å². The number of benzene rings is 1. The predicted octanol–water partition coefficient (Wildman–Crippen LogP) is 3.26. The molecular formula is C14H12F3NO3. The summed E-state index contributed by atoms with van der Waals surface area (Å²) in [6, 6.07) is 4.43. The van der Waals surface area contributed by atoms with Gasteiger partial charge in [0, 0.05) is 17.9 Å². The van der Waals surface area contributed by atoms with Crippen molar-refractivity contribution in [3.8, 4) is 0 Å². The molecule has 0 aliphatic rings. The first-order valence-electron chi connectivity index (χ1n) is 6.06. The van der Waals surface area contributed by atoms with Gasteiger partial charge in [0.15, 0.2) is 0 Å². The predicted molar refractivity (Wildman–Crippen MR) is 69.3 cm³/mol. The highest BCUT2D eigenvalue weighted by Gasteiger charge is 2.40. The molecular weight excluding hydrogens is 287 g/mol. The lowest BCUT2D eigenvalue weighted by Gasteiger charge is -2.11. The monoisotopic (exact) mass is 299 g/mol. The molecule has 21 heavy (non-hydrogen) atoms. The third-order valence-corrected chi connectivity index (χ3v) is 3.14. The molecule has 0 amide bonds. The van der Waals surface area contributed by atoms with E-state index in [0.29, 0.717) is 10.1 Å². The summed E-state index contributed by atoms with van der Waals surface area (Å²) in [5.41, 5.74) is -0.845. The van der Waals surface area contributed by atoms with Gasteiger partial charge in [0.05, 0.1) is 11.9 Å². The van der Waals surface area contributed by atoms with E-state index in [1.54, 1.807) is 13.0 Å². The van der Waals surface area contributed by atoms with Gasteiger partial charge in [-0.2, -0.15) is 13.2 Å². The third kappa shape index (κ3) is 2.63. The number of carbonyl (C=O) groups excluding carboxylic acids is 1. The number of alkyl halides is 3. The first kappa shape index (κ1) is 15.1. The zero-order valence-corrected chi connectivity index (χ0v) is 11.3. The van der Waals surface area contributed by atoms with Crippen LogP contribution in [0.25, 0.3) is 10.9 Å². The van der Waals surface area contributed by atoms with E-state index < -0.39 is 30.2 Å². The van der Waals surface area contributed by atoms with Crippen LogP contribution < -0.4 is 0 Å². The molecule has 112 valence electrons. The van der Waals surface area contributed by atoms with Crippen LogP contribution in [0.15, 0.2) is 18.2 Å². The highest BCUT2D eigenvalue weighted by Crippen LogP contribution is 2.38. The summed E-state index contributed by atoms with van der Waals surface area (Å²) < 4.78 is 40.4. The van der Waals surface area contributed by atoms with E-state index in [1.165, 1.54) is 12.1 Å². The first-order valence-corrected chi connectivity index (χ1v) is 6.06. The average molecular weight is 299 g/mol. The van der Waals surface area contributed by atoms with Crippen LogP contribution in [-0.4, -0.2) is 21.6 Å². The van der Waals surface area contributed by atoms with Crippen LogP contribution in [-0.2, 0) is 17.4 Å². The van der Waals surface area contributed by atoms with Gasteiger partial charge in [0.2, 0.25) is 5.91 Å². The molecule has 0 unspecified atom stereocenters. The van der Waals surface area contributed by atoms with E-state index in [-0.39, 0.29) is 16.5 Å². The lowest BCUT2D eigenvalue weighted by atomic mass is 10.1. The van der Waals surface area contributed by atoms with Crippen molar-refractivity contribution in [2.24, 2.45) is 0 Å². The molecule has 0 saturated carbocycles. The van der Waals surface area contributed by atoms with Gasteiger partial charge in [0.1, 0.15) is 5.69 Å². The van der Waals surface area contributed by atoms with Crippen molar-refractivity contribution < 1.29 is 27.9 Å². The number of carboxylic acid groups (broad SMARTS) is 1. The van der Waals surface area contributed by atoms with Crippen LogP contribution in [0.4, 0.5) is 13.2 Å². The largest absolute Gasteiger partial charge is 0.481 e. The summed E-state index contributed by atoms with van der Waals surface area (Å²) in [4.78, 5) is 22.5. The molecule has 0 atom stereocenters. The topological polar surface area (TPSA) is 59.3 Å². The van der Waals surface area contributed by atoms with Crippen LogP contribution in [0, 0.1) is 6.92 Å². The number of nitrogens with zero attached hydrogens (tertiary/aromatic N) is 1. The Balaban J connectivity index is 2.97. The number of hydrogen-bond acceptors (Lipinski definition) is 2. The molecule has 0 bridgehead atoms. The van der Waals surface area contributed by atoms with Crippen LogP contribution in [0.3, 0.4) is 0 Å². The number of aryl methyl sites for hydroxylation is 1. The molecule has 0 radical (unpaired) electrons. The van der Waals surface area contributed by atoms with Crippen LogP contribution in [0.2, 0.25) is 0 Å². The van der Waals surface area contributed by atoms with Crippen molar-refractivity contribution in [3.63, 3.8) is 0 Å². The van der Waals surface area contributed by atoms with Gasteiger partial charge in [-0.05, 0) is 19.1 Å². The normalized spacial score (nSPS) is 11.9. The van der Waals surface area contributed by atoms with Crippen LogP contribution >= 0.6 is 0 Å². The Bertz CT molecular complexity index is 744. The molecule has 0 aliphatic carbocycles. The number of aromatic nitrogens is 1. The lowest BCUT2D eigenvalue weighted by Crippen LogP contribution is -2.20. The Morgan fingerprint density at radius 2 is 1.90 bits per heavy atom. The molecule has 1 aromatic heterocycles. The maximum Gasteiger partial charge on any atom is 0.432 e. The van der Waals surface area contributed by atoms with Gasteiger partial charge >= 0.3 is 12.1 Å². The van der Waals surface area contributed by atoms with Gasteiger partial charge in [-0.25, -0.2) is 0 Å². The fourth-order valence-electron chi connectivity index (χ4n) is 2.42. The molecule has 4 nitrogen and oxygen atoms in total. The summed E-state index contributed by atoms with van der Waals surface area (Å²) in [5, 5.41) is 9.01. The van der Waals surface area contributed by atoms with Crippen LogP contribution in [0.1, 0.15) is 28.5 Å². The Morgan fingerprint density at radius 3 is 2.38 bits per heavy atom. The smallest absolute Gasteiger partial charge is 0.432 e. The molecule has 0 spiro atoms. The number of aliphatic carboxylic acids is 1. The summed E-state index contributed by atoms with van der Waals surface area (Å²) in [7, 11) is 0. The Hall–Kier alpha value is -2.31. The Labute approximate surface area is 117 Å². The Kier molecular flexibility index (Phi) is 3.52. The third-order valence-electron chi connectivity index (χ3n) is 3.14. The van der Waals surface area contributed by atoms with Crippen molar-refractivity contribution in [1.29, 1.82) is 0 Å². The standard InChI is InChI=1S/C14H12F3NO3/c1-7-3-4-11-9(5-7)10(6-12(20)21)13(14(15,16)17)18(11)8(2)19/h3-5H,6H2,1-2H3,(H,20,21). The maximum atomic E-state index is 13.3. The molecule has 0 saturated heterocycles. The SMILES string of the molecule is CC(=O)n1c(C(F)(F)F)c(CC(=O)O)c2cc(C)ccc21. The van der Waals surface area contributed by atoms with Gasteiger partial charge in [-0.15, -0.1) is 0 Å². The van der Waals surface area contributed by atoms with Gasteiger partial charge in [-0.3, -0.25) is 14.2 Å². The van der Waals surface area contributed by atoms with Crippen molar-refractivity contribution in [1.82, 2.24) is 4.57 Å². The average Bonchev–Trinajstić information content (AvgIpc) is 2.62. The van der Waals surface area contributed by atoms with Gasteiger partial charge in [0.25, 0.3) is 0 Å². The van der Waals surface area contributed by atoms with Gasteiger partial charge in [-0.1, -0.05) is 11.6 Å². The van der Waals surface area contributed by atoms with Crippen LogP contribution in [0.5, 0.6) is 0 Å². The van der Waals surface area contributed by atoms with Crippen molar-refractivity contribution >= 4 is 22.8 Å². The van der Waals surface area contributed by atoms with Gasteiger partial charge < -0.3 is 5.11 Å². The minimum atomic E-state index is -4.82. The van der Waals surface area contributed by atoms with E-state index in [1.807, 2.05) is 0 Å². The number of carbonyl (C=O) groups is 2. The summed E-state index contributed by atoms with van der Waals surface area (Å²) in [6.07, 6.45) is -5.61. The summed E-state index contributed by atoms with van der Waals surface area (Å²) in [5.74, 6) is -2.20. The second kappa shape index (κ2) is 4.91. The molecule has 2 rings (SSSR count). The number of rotatable bonds is 2. The second-order valence-corrected chi connectivity index (χ2v) is 4.77. The van der Waals surface area contributed by atoms with E-state index in [2.05, 4.69) is 0 Å².